The van der Waals surface area contributed by atoms with Crippen molar-refractivity contribution in [2.75, 3.05) is 11.4 Å². The first kappa shape index (κ1) is 13.1. The highest BCUT2D eigenvalue weighted by Crippen LogP contribution is 2.32. The van der Waals surface area contributed by atoms with Crippen LogP contribution in [0.2, 0.25) is 0 Å². The molecule has 1 saturated carbocycles. The van der Waals surface area contributed by atoms with Gasteiger partial charge >= 0.3 is 6.18 Å². The Morgan fingerprint density at radius 2 is 2.11 bits per heavy atom. The molecule has 1 N–H and O–H groups in total. The van der Waals surface area contributed by atoms with Crippen LogP contribution in [0.1, 0.15) is 24.1 Å². The summed E-state index contributed by atoms with van der Waals surface area (Å²) in [5, 5.41) is 8.98. The van der Waals surface area contributed by atoms with Gasteiger partial charge in [-0.05, 0) is 19.8 Å². The fraction of sp³-hybridized carbons (Fsp3) is 0.636. The third kappa shape index (κ3) is 3.10. The average molecular weight is 261 g/mol. The maximum Gasteiger partial charge on any atom is 0.406 e. The van der Waals surface area contributed by atoms with Crippen molar-refractivity contribution in [2.45, 2.75) is 38.6 Å². The third-order valence-corrected chi connectivity index (χ3v) is 2.83. The van der Waals surface area contributed by atoms with Crippen molar-refractivity contribution < 1.29 is 18.3 Å². The zero-order chi connectivity index (χ0) is 13.3. The van der Waals surface area contributed by atoms with Crippen LogP contribution in [0.4, 0.5) is 19.1 Å². The zero-order valence-corrected chi connectivity index (χ0v) is 9.91. The van der Waals surface area contributed by atoms with Gasteiger partial charge in [0, 0.05) is 23.5 Å². The van der Waals surface area contributed by atoms with Crippen LogP contribution in [0, 0.1) is 6.92 Å². The Morgan fingerprint density at radius 1 is 1.44 bits per heavy atom. The molecule has 0 spiro atoms. The van der Waals surface area contributed by atoms with Crippen molar-refractivity contribution in [2.24, 2.45) is 0 Å². The molecule has 1 aliphatic rings. The van der Waals surface area contributed by atoms with E-state index in [0.717, 1.165) is 12.8 Å². The molecule has 100 valence electrons. The molecule has 1 heterocycles. The molecule has 0 unspecified atom stereocenters. The minimum Gasteiger partial charge on any atom is -0.392 e. The lowest BCUT2D eigenvalue weighted by Crippen LogP contribution is -2.37. The van der Waals surface area contributed by atoms with Crippen LogP contribution in [0.3, 0.4) is 0 Å². The van der Waals surface area contributed by atoms with E-state index < -0.39 is 12.7 Å². The Hall–Kier alpha value is -1.37. The van der Waals surface area contributed by atoms with E-state index in [4.69, 9.17) is 5.11 Å². The van der Waals surface area contributed by atoms with Gasteiger partial charge in [-0.1, -0.05) is 0 Å². The number of hydrogen-bond donors (Lipinski definition) is 1. The number of halogens is 3. The van der Waals surface area contributed by atoms with Crippen molar-refractivity contribution >= 4 is 5.95 Å². The van der Waals surface area contributed by atoms with Gasteiger partial charge in [0.05, 0.1) is 6.61 Å². The van der Waals surface area contributed by atoms with E-state index in [1.807, 2.05) is 0 Å². The fourth-order valence-electron chi connectivity index (χ4n) is 1.72. The SMILES string of the molecule is Cc1nc(N(CC(F)(F)F)C2CC2)ncc1CO. The van der Waals surface area contributed by atoms with Crippen LogP contribution in [0.15, 0.2) is 6.20 Å². The van der Waals surface area contributed by atoms with Crippen molar-refractivity contribution in [3.63, 3.8) is 0 Å². The summed E-state index contributed by atoms with van der Waals surface area (Å²) in [4.78, 5) is 9.14. The largest absolute Gasteiger partial charge is 0.406 e. The topological polar surface area (TPSA) is 49.2 Å². The molecule has 0 bridgehead atoms. The maximum atomic E-state index is 12.5. The predicted octanol–water partition coefficient (Wildman–Crippen LogP) is 1.81. The van der Waals surface area contributed by atoms with Crippen LogP contribution < -0.4 is 4.90 Å². The van der Waals surface area contributed by atoms with Gasteiger partial charge in [0.15, 0.2) is 0 Å². The summed E-state index contributed by atoms with van der Waals surface area (Å²) in [6.45, 7) is 0.403. The normalized spacial score (nSPS) is 15.8. The fourth-order valence-corrected chi connectivity index (χ4v) is 1.72. The van der Waals surface area contributed by atoms with E-state index in [1.165, 1.54) is 11.1 Å². The summed E-state index contributed by atoms with van der Waals surface area (Å²) in [6, 6.07) is -0.119. The van der Waals surface area contributed by atoms with Gasteiger partial charge in [0.25, 0.3) is 0 Å². The minimum absolute atomic E-state index is 0.0875. The monoisotopic (exact) mass is 261 g/mol. The minimum atomic E-state index is -4.27. The van der Waals surface area contributed by atoms with Gasteiger partial charge in [-0.15, -0.1) is 0 Å². The number of rotatable bonds is 4. The molecule has 0 atom stereocenters. The smallest absolute Gasteiger partial charge is 0.392 e. The first-order valence-corrected chi connectivity index (χ1v) is 5.67. The number of aliphatic hydroxyl groups is 1. The Kier molecular flexibility index (Phi) is 3.43. The van der Waals surface area contributed by atoms with Gasteiger partial charge in [-0.3, -0.25) is 0 Å². The highest BCUT2D eigenvalue weighted by Gasteiger charge is 2.39. The number of aryl methyl sites for hydroxylation is 1. The molecule has 18 heavy (non-hydrogen) atoms. The first-order valence-electron chi connectivity index (χ1n) is 5.67. The molecule has 0 saturated heterocycles. The zero-order valence-electron chi connectivity index (χ0n) is 9.91. The average Bonchev–Trinajstić information content (AvgIpc) is 3.08. The molecule has 0 amide bonds. The van der Waals surface area contributed by atoms with E-state index in [2.05, 4.69) is 9.97 Å². The van der Waals surface area contributed by atoms with Gasteiger partial charge in [0.1, 0.15) is 6.54 Å². The van der Waals surface area contributed by atoms with Crippen LogP contribution in [0.5, 0.6) is 0 Å². The van der Waals surface area contributed by atoms with E-state index in [0.29, 0.717) is 11.3 Å². The van der Waals surface area contributed by atoms with Crippen molar-refractivity contribution in [1.29, 1.82) is 0 Å². The highest BCUT2D eigenvalue weighted by molar-refractivity contribution is 5.36. The Morgan fingerprint density at radius 3 is 2.56 bits per heavy atom. The number of alkyl halides is 3. The molecule has 0 aromatic carbocycles. The number of aromatic nitrogens is 2. The number of nitrogens with zero attached hydrogens (tertiary/aromatic N) is 3. The molecule has 4 nitrogen and oxygen atoms in total. The summed E-state index contributed by atoms with van der Waals surface area (Å²) in [6.07, 6.45) is -1.42. The van der Waals surface area contributed by atoms with E-state index in [-0.39, 0.29) is 18.6 Å². The van der Waals surface area contributed by atoms with E-state index in [1.54, 1.807) is 6.92 Å². The number of aliphatic hydroxyl groups excluding tert-OH is 1. The lowest BCUT2D eigenvalue weighted by atomic mass is 10.2. The summed E-state index contributed by atoms with van der Waals surface area (Å²) < 4.78 is 37.5. The van der Waals surface area contributed by atoms with Crippen LogP contribution in [-0.2, 0) is 6.61 Å². The van der Waals surface area contributed by atoms with Gasteiger partial charge < -0.3 is 10.0 Å². The van der Waals surface area contributed by atoms with Crippen molar-refractivity contribution in [1.82, 2.24) is 9.97 Å². The first-order chi connectivity index (χ1) is 8.40. The van der Waals surface area contributed by atoms with Crippen LogP contribution >= 0.6 is 0 Å². The second-order valence-corrected chi connectivity index (χ2v) is 4.41. The maximum absolute atomic E-state index is 12.5. The molecule has 7 heteroatoms. The van der Waals surface area contributed by atoms with Crippen LogP contribution in [-0.4, -0.2) is 33.8 Å². The van der Waals surface area contributed by atoms with Crippen molar-refractivity contribution in [3.05, 3.63) is 17.5 Å². The Balaban J connectivity index is 2.23. The quantitative estimate of drug-likeness (QED) is 0.898. The highest BCUT2D eigenvalue weighted by atomic mass is 19.4. The number of anilines is 1. The molecular formula is C11H14F3N3O. The molecule has 2 rings (SSSR count). The van der Waals surface area contributed by atoms with Gasteiger partial charge in [0.2, 0.25) is 5.95 Å². The van der Waals surface area contributed by atoms with Gasteiger partial charge in [-0.2, -0.15) is 13.2 Å². The van der Waals surface area contributed by atoms with Gasteiger partial charge in [-0.25, -0.2) is 9.97 Å². The Labute approximate surface area is 102 Å². The van der Waals surface area contributed by atoms with E-state index >= 15 is 0 Å². The molecule has 0 aliphatic heterocycles. The standard InChI is InChI=1S/C11H14F3N3O/c1-7-8(5-18)4-15-10(16-7)17(9-2-3-9)6-11(12,13)14/h4,9,18H,2-3,5-6H2,1H3. The lowest BCUT2D eigenvalue weighted by molar-refractivity contribution is -0.120. The van der Waals surface area contributed by atoms with Crippen LogP contribution in [0.25, 0.3) is 0 Å². The summed E-state index contributed by atoms with van der Waals surface area (Å²) in [5.41, 5.74) is 1.04. The lowest BCUT2D eigenvalue weighted by Gasteiger charge is -2.24. The second kappa shape index (κ2) is 4.72. The predicted molar refractivity (Wildman–Crippen MR) is 59.1 cm³/mol. The second-order valence-electron chi connectivity index (χ2n) is 4.41. The molecule has 1 aliphatic carbocycles. The molecule has 1 aromatic rings. The van der Waals surface area contributed by atoms with E-state index in [9.17, 15) is 13.2 Å². The summed E-state index contributed by atoms with van der Waals surface area (Å²) in [5.74, 6) is 0.0875. The number of hydrogen-bond acceptors (Lipinski definition) is 4. The molecule has 0 radical (unpaired) electrons. The summed E-state index contributed by atoms with van der Waals surface area (Å²) in [7, 11) is 0. The molecule has 1 aromatic heterocycles. The van der Waals surface area contributed by atoms with Crippen molar-refractivity contribution in [3.8, 4) is 0 Å². The summed E-state index contributed by atoms with van der Waals surface area (Å²) >= 11 is 0. The molecule has 1 fully saturated rings. The third-order valence-electron chi connectivity index (χ3n) is 2.83. The molecular weight excluding hydrogens is 247 g/mol. The Bertz CT molecular complexity index is 432.